The van der Waals surface area contributed by atoms with Crippen LogP contribution in [-0.4, -0.2) is 75.1 Å². The van der Waals surface area contributed by atoms with E-state index in [9.17, 15) is 4.39 Å². The third kappa shape index (κ3) is 4.91. The summed E-state index contributed by atoms with van der Waals surface area (Å²) in [5.41, 5.74) is 2.21. The molecular weight excluding hydrogens is 355 g/mol. The van der Waals surface area contributed by atoms with Gasteiger partial charge >= 0.3 is 0 Å². The Morgan fingerprint density at radius 3 is 2.18 bits per heavy atom. The summed E-state index contributed by atoms with van der Waals surface area (Å²) >= 11 is 0. The summed E-state index contributed by atoms with van der Waals surface area (Å²) in [5, 5.41) is 0. The fourth-order valence-corrected chi connectivity index (χ4v) is 3.42. The molecule has 0 unspecified atom stereocenters. The van der Waals surface area contributed by atoms with Gasteiger partial charge in [0.15, 0.2) is 5.96 Å². The van der Waals surface area contributed by atoms with Gasteiger partial charge in [-0.05, 0) is 42.0 Å². The first-order valence-electron chi connectivity index (χ1n) is 9.53. The SMILES string of the molecule is CN(C)C(=NCc1ccnc(N2CCN(c3ccc(F)cc3)CC2)c1)N(C)C. The predicted molar refractivity (Wildman–Crippen MR) is 114 cm³/mol. The second kappa shape index (κ2) is 8.91. The fraction of sp³-hybridized carbons (Fsp3) is 0.429. The van der Waals surface area contributed by atoms with Gasteiger partial charge in [0.05, 0.1) is 6.54 Å². The molecular formula is C21H29FN6. The van der Waals surface area contributed by atoms with Crippen LogP contribution in [0.4, 0.5) is 15.9 Å². The molecule has 1 aromatic heterocycles. The Kier molecular flexibility index (Phi) is 6.34. The van der Waals surface area contributed by atoms with Gasteiger partial charge in [0.25, 0.3) is 0 Å². The van der Waals surface area contributed by atoms with Crippen molar-refractivity contribution in [2.75, 3.05) is 64.2 Å². The van der Waals surface area contributed by atoms with E-state index in [1.165, 1.54) is 12.1 Å². The standard InChI is InChI=1S/C21H29FN6/c1-25(2)21(26(3)4)24-16-17-9-10-23-20(15-17)28-13-11-27(12-14-28)19-7-5-18(22)6-8-19/h5-10,15H,11-14,16H2,1-4H3. The summed E-state index contributed by atoms with van der Waals surface area (Å²) in [7, 11) is 7.99. The number of anilines is 2. The minimum atomic E-state index is -0.197. The van der Waals surface area contributed by atoms with Crippen LogP contribution in [-0.2, 0) is 6.54 Å². The number of hydrogen-bond acceptors (Lipinski definition) is 4. The Labute approximate surface area is 166 Å². The van der Waals surface area contributed by atoms with Crippen molar-refractivity contribution in [1.82, 2.24) is 14.8 Å². The largest absolute Gasteiger partial charge is 0.368 e. The van der Waals surface area contributed by atoms with Crippen LogP contribution in [0.5, 0.6) is 0 Å². The molecule has 1 saturated heterocycles. The highest BCUT2D eigenvalue weighted by atomic mass is 19.1. The van der Waals surface area contributed by atoms with Gasteiger partial charge < -0.3 is 19.6 Å². The maximum absolute atomic E-state index is 13.1. The van der Waals surface area contributed by atoms with E-state index in [0.717, 1.165) is 49.2 Å². The van der Waals surface area contributed by atoms with Crippen LogP contribution in [0.25, 0.3) is 0 Å². The lowest BCUT2D eigenvalue weighted by Gasteiger charge is -2.36. The molecule has 1 aliphatic rings. The molecule has 0 aliphatic carbocycles. The Bertz CT molecular complexity index is 785. The number of halogens is 1. The van der Waals surface area contributed by atoms with Gasteiger partial charge in [0.2, 0.25) is 0 Å². The topological polar surface area (TPSA) is 38.2 Å². The number of aromatic nitrogens is 1. The lowest BCUT2D eigenvalue weighted by Crippen LogP contribution is -2.46. The predicted octanol–water partition coefficient (Wildman–Crippen LogP) is 2.53. The molecule has 0 radical (unpaired) electrons. The van der Waals surface area contributed by atoms with Crippen molar-refractivity contribution in [2.45, 2.75) is 6.54 Å². The summed E-state index contributed by atoms with van der Waals surface area (Å²) in [6.45, 7) is 4.18. The molecule has 6 nitrogen and oxygen atoms in total. The zero-order chi connectivity index (χ0) is 20.1. The first kappa shape index (κ1) is 19.9. The summed E-state index contributed by atoms with van der Waals surface area (Å²) in [6.07, 6.45) is 1.86. The number of nitrogens with zero attached hydrogens (tertiary/aromatic N) is 6. The Hall–Kier alpha value is -2.83. The zero-order valence-corrected chi connectivity index (χ0v) is 17.1. The van der Waals surface area contributed by atoms with Gasteiger partial charge in [-0.2, -0.15) is 0 Å². The highest BCUT2D eigenvalue weighted by molar-refractivity contribution is 5.79. The Morgan fingerprint density at radius 2 is 1.57 bits per heavy atom. The molecule has 7 heteroatoms. The molecule has 0 amide bonds. The number of aliphatic imine (C=N–C) groups is 1. The molecule has 28 heavy (non-hydrogen) atoms. The third-order valence-corrected chi connectivity index (χ3v) is 4.81. The molecule has 0 saturated carbocycles. The minimum Gasteiger partial charge on any atom is -0.368 e. The minimum absolute atomic E-state index is 0.197. The Morgan fingerprint density at radius 1 is 0.964 bits per heavy atom. The summed E-state index contributed by atoms with van der Waals surface area (Å²) in [4.78, 5) is 17.9. The monoisotopic (exact) mass is 384 g/mol. The Balaban J connectivity index is 1.63. The van der Waals surface area contributed by atoms with E-state index in [1.807, 2.05) is 62.4 Å². The number of guanidine groups is 1. The smallest absolute Gasteiger partial charge is 0.195 e. The van der Waals surface area contributed by atoms with Crippen LogP contribution < -0.4 is 9.80 Å². The maximum atomic E-state index is 13.1. The normalized spacial score (nSPS) is 14.0. The number of rotatable bonds is 4. The van der Waals surface area contributed by atoms with E-state index in [4.69, 9.17) is 4.99 Å². The van der Waals surface area contributed by atoms with Crippen LogP contribution in [0.1, 0.15) is 5.56 Å². The van der Waals surface area contributed by atoms with E-state index in [2.05, 4.69) is 20.9 Å². The van der Waals surface area contributed by atoms with E-state index in [1.54, 1.807) is 0 Å². The lowest BCUT2D eigenvalue weighted by molar-refractivity contribution is 0.479. The summed E-state index contributed by atoms with van der Waals surface area (Å²) < 4.78 is 13.1. The van der Waals surface area contributed by atoms with Crippen molar-refractivity contribution in [3.8, 4) is 0 Å². The number of benzene rings is 1. The van der Waals surface area contributed by atoms with E-state index < -0.39 is 0 Å². The molecule has 2 aromatic rings. The second-order valence-electron chi connectivity index (χ2n) is 7.38. The van der Waals surface area contributed by atoms with Gasteiger partial charge in [0.1, 0.15) is 11.6 Å². The van der Waals surface area contributed by atoms with Crippen LogP contribution >= 0.6 is 0 Å². The number of hydrogen-bond donors (Lipinski definition) is 0. The first-order valence-corrected chi connectivity index (χ1v) is 9.53. The summed E-state index contributed by atoms with van der Waals surface area (Å²) in [6, 6.07) is 10.9. The molecule has 1 fully saturated rings. The van der Waals surface area contributed by atoms with Crippen molar-refractivity contribution in [2.24, 2.45) is 4.99 Å². The molecule has 150 valence electrons. The highest BCUT2D eigenvalue weighted by Gasteiger charge is 2.18. The van der Waals surface area contributed by atoms with Crippen LogP contribution in [0.3, 0.4) is 0 Å². The molecule has 0 atom stereocenters. The molecule has 0 bridgehead atoms. The summed E-state index contributed by atoms with van der Waals surface area (Å²) in [5.74, 6) is 1.73. The molecule has 2 heterocycles. The van der Waals surface area contributed by atoms with Crippen LogP contribution in [0.2, 0.25) is 0 Å². The van der Waals surface area contributed by atoms with Crippen molar-refractivity contribution in [1.29, 1.82) is 0 Å². The third-order valence-electron chi connectivity index (χ3n) is 4.81. The first-order chi connectivity index (χ1) is 13.4. The average Bonchev–Trinajstić information content (AvgIpc) is 2.68. The maximum Gasteiger partial charge on any atom is 0.195 e. The number of pyridine rings is 1. The van der Waals surface area contributed by atoms with Gasteiger partial charge in [-0.1, -0.05) is 0 Å². The molecule has 1 aliphatic heterocycles. The van der Waals surface area contributed by atoms with Gasteiger partial charge in [-0.15, -0.1) is 0 Å². The van der Waals surface area contributed by atoms with E-state index in [0.29, 0.717) is 6.54 Å². The van der Waals surface area contributed by atoms with Crippen molar-refractivity contribution < 1.29 is 4.39 Å². The molecule has 1 aromatic carbocycles. The average molecular weight is 385 g/mol. The highest BCUT2D eigenvalue weighted by Crippen LogP contribution is 2.20. The van der Waals surface area contributed by atoms with Gasteiger partial charge in [-0.25, -0.2) is 14.4 Å². The van der Waals surface area contributed by atoms with Gasteiger partial charge in [0, 0.05) is 66.3 Å². The molecule has 0 spiro atoms. The number of piperazine rings is 1. The molecule has 3 rings (SSSR count). The fourth-order valence-electron chi connectivity index (χ4n) is 3.42. The van der Waals surface area contributed by atoms with E-state index >= 15 is 0 Å². The van der Waals surface area contributed by atoms with Crippen molar-refractivity contribution >= 4 is 17.5 Å². The quantitative estimate of drug-likeness (QED) is 0.598. The molecule has 0 N–H and O–H groups in total. The van der Waals surface area contributed by atoms with Gasteiger partial charge in [-0.3, -0.25) is 0 Å². The lowest BCUT2D eigenvalue weighted by atomic mass is 10.2. The second-order valence-corrected chi connectivity index (χ2v) is 7.38. The van der Waals surface area contributed by atoms with Crippen molar-refractivity contribution in [3.63, 3.8) is 0 Å². The van der Waals surface area contributed by atoms with Crippen LogP contribution in [0, 0.1) is 5.82 Å². The van der Waals surface area contributed by atoms with Crippen LogP contribution in [0.15, 0.2) is 47.6 Å². The zero-order valence-electron chi connectivity index (χ0n) is 17.1. The van der Waals surface area contributed by atoms with Crippen molar-refractivity contribution in [3.05, 3.63) is 54.0 Å². The van der Waals surface area contributed by atoms with E-state index in [-0.39, 0.29) is 5.82 Å².